The highest BCUT2D eigenvalue weighted by atomic mass is 32.2. The maximum absolute atomic E-state index is 11.8. The average molecular weight is 398 g/mol. The van der Waals surface area contributed by atoms with Crippen molar-refractivity contribution in [3.63, 3.8) is 0 Å². The van der Waals surface area contributed by atoms with Gasteiger partial charge in [0, 0.05) is 17.9 Å². The SMILES string of the molecule is C=CCn1c(SCc2noc(C(C)(C)C)n2)nnc1[C@@H]1CCS(=O)(=O)C1. The van der Waals surface area contributed by atoms with Gasteiger partial charge in [-0.3, -0.25) is 0 Å². The van der Waals surface area contributed by atoms with Crippen LogP contribution in [0, 0.1) is 0 Å². The normalized spacial score (nSPS) is 19.7. The van der Waals surface area contributed by atoms with Crippen LogP contribution in [0.15, 0.2) is 22.3 Å². The lowest BCUT2D eigenvalue weighted by Gasteiger charge is -2.11. The second kappa shape index (κ2) is 7.15. The molecule has 1 aliphatic rings. The number of aromatic nitrogens is 5. The summed E-state index contributed by atoms with van der Waals surface area (Å²) in [6.45, 7) is 10.3. The van der Waals surface area contributed by atoms with Gasteiger partial charge in [0.15, 0.2) is 20.8 Å². The molecular formula is C16H23N5O3S2. The van der Waals surface area contributed by atoms with E-state index >= 15 is 0 Å². The Morgan fingerprint density at radius 3 is 2.73 bits per heavy atom. The van der Waals surface area contributed by atoms with Gasteiger partial charge in [-0.25, -0.2) is 8.42 Å². The number of allylic oxidation sites excluding steroid dienone is 1. The van der Waals surface area contributed by atoms with Gasteiger partial charge in [0.2, 0.25) is 5.89 Å². The van der Waals surface area contributed by atoms with Gasteiger partial charge in [-0.1, -0.05) is 43.8 Å². The van der Waals surface area contributed by atoms with E-state index in [1.54, 1.807) is 6.08 Å². The van der Waals surface area contributed by atoms with Crippen LogP contribution in [0.2, 0.25) is 0 Å². The molecule has 142 valence electrons. The summed E-state index contributed by atoms with van der Waals surface area (Å²) in [5.74, 6) is 2.62. The topological polar surface area (TPSA) is 104 Å². The van der Waals surface area contributed by atoms with E-state index in [1.807, 2.05) is 25.3 Å². The molecule has 3 rings (SSSR count). The summed E-state index contributed by atoms with van der Waals surface area (Å²) in [7, 11) is -2.98. The molecule has 0 bridgehead atoms. The zero-order valence-corrected chi connectivity index (χ0v) is 16.8. The van der Waals surface area contributed by atoms with Crippen molar-refractivity contribution in [1.82, 2.24) is 24.9 Å². The Morgan fingerprint density at radius 2 is 2.15 bits per heavy atom. The molecule has 0 amide bonds. The molecule has 0 saturated carbocycles. The van der Waals surface area contributed by atoms with Gasteiger partial charge in [-0.05, 0) is 6.42 Å². The number of hydrogen-bond donors (Lipinski definition) is 0. The largest absolute Gasteiger partial charge is 0.339 e. The first kappa shape index (κ1) is 19.1. The molecule has 0 spiro atoms. The predicted molar refractivity (Wildman–Crippen MR) is 98.8 cm³/mol. The van der Waals surface area contributed by atoms with E-state index in [2.05, 4.69) is 26.9 Å². The lowest BCUT2D eigenvalue weighted by molar-refractivity contribution is 0.319. The van der Waals surface area contributed by atoms with Crippen LogP contribution in [0.4, 0.5) is 0 Å². The van der Waals surface area contributed by atoms with E-state index in [9.17, 15) is 8.42 Å². The molecule has 1 saturated heterocycles. The molecule has 0 unspecified atom stereocenters. The number of nitrogens with zero attached hydrogens (tertiary/aromatic N) is 5. The third-order valence-electron chi connectivity index (χ3n) is 4.09. The van der Waals surface area contributed by atoms with Gasteiger partial charge < -0.3 is 9.09 Å². The number of rotatable bonds is 6. The lowest BCUT2D eigenvalue weighted by atomic mass is 9.97. The van der Waals surface area contributed by atoms with Crippen LogP contribution in [0.5, 0.6) is 0 Å². The number of thioether (sulfide) groups is 1. The van der Waals surface area contributed by atoms with Gasteiger partial charge in [-0.15, -0.1) is 16.8 Å². The number of hydrogen-bond acceptors (Lipinski definition) is 8. The van der Waals surface area contributed by atoms with Crippen molar-refractivity contribution in [2.45, 2.75) is 56.0 Å². The first-order valence-corrected chi connectivity index (χ1v) is 11.2. The Balaban J connectivity index is 1.76. The monoisotopic (exact) mass is 397 g/mol. The Morgan fingerprint density at radius 1 is 1.38 bits per heavy atom. The molecule has 2 aromatic rings. The summed E-state index contributed by atoms with van der Waals surface area (Å²) < 4.78 is 30.8. The van der Waals surface area contributed by atoms with E-state index in [-0.39, 0.29) is 22.8 Å². The summed E-state index contributed by atoms with van der Waals surface area (Å²) in [5.41, 5.74) is -0.195. The van der Waals surface area contributed by atoms with Crippen LogP contribution in [-0.2, 0) is 27.5 Å². The highest BCUT2D eigenvalue weighted by Crippen LogP contribution is 2.31. The third kappa shape index (κ3) is 4.17. The van der Waals surface area contributed by atoms with Gasteiger partial charge in [-0.2, -0.15) is 4.98 Å². The zero-order valence-electron chi connectivity index (χ0n) is 15.2. The minimum absolute atomic E-state index is 0.112. The van der Waals surface area contributed by atoms with Gasteiger partial charge >= 0.3 is 0 Å². The van der Waals surface area contributed by atoms with Crippen LogP contribution in [0.25, 0.3) is 0 Å². The molecule has 0 N–H and O–H groups in total. The summed E-state index contributed by atoms with van der Waals surface area (Å²) in [4.78, 5) is 4.42. The summed E-state index contributed by atoms with van der Waals surface area (Å²) in [6.07, 6.45) is 2.34. The van der Waals surface area contributed by atoms with Crippen LogP contribution in [-0.4, -0.2) is 44.8 Å². The molecule has 26 heavy (non-hydrogen) atoms. The third-order valence-corrected chi connectivity index (χ3v) is 6.83. The second-order valence-electron chi connectivity index (χ2n) is 7.39. The summed E-state index contributed by atoms with van der Waals surface area (Å²) in [5, 5.41) is 13.2. The first-order valence-electron chi connectivity index (χ1n) is 8.40. The molecular weight excluding hydrogens is 374 g/mol. The van der Waals surface area contributed by atoms with Gasteiger partial charge in [0.05, 0.1) is 17.3 Å². The van der Waals surface area contributed by atoms with E-state index in [0.717, 1.165) is 0 Å². The van der Waals surface area contributed by atoms with E-state index in [1.165, 1.54) is 11.8 Å². The fraction of sp³-hybridized carbons (Fsp3) is 0.625. The minimum Gasteiger partial charge on any atom is -0.339 e. The van der Waals surface area contributed by atoms with E-state index in [0.29, 0.717) is 41.4 Å². The molecule has 0 aromatic carbocycles. The Bertz CT molecular complexity index is 895. The maximum Gasteiger partial charge on any atom is 0.232 e. The molecule has 10 heteroatoms. The second-order valence-corrected chi connectivity index (χ2v) is 10.6. The standard InChI is InChI=1S/C16H23N5O3S2/c1-5-7-21-13(11-6-8-26(22,23)10-11)18-19-15(21)25-9-12-17-14(24-20-12)16(2,3)4/h5,11H,1,6-10H2,2-4H3/t11-/m1/s1. The van der Waals surface area contributed by atoms with Gasteiger partial charge in [0.1, 0.15) is 5.82 Å². The van der Waals surface area contributed by atoms with Crippen molar-refractivity contribution in [2.24, 2.45) is 0 Å². The highest BCUT2D eigenvalue weighted by Gasteiger charge is 2.33. The quantitative estimate of drug-likeness (QED) is 0.540. The van der Waals surface area contributed by atoms with Crippen molar-refractivity contribution >= 4 is 21.6 Å². The van der Waals surface area contributed by atoms with Crippen molar-refractivity contribution in [3.05, 3.63) is 30.2 Å². The fourth-order valence-corrected chi connectivity index (χ4v) is 5.29. The molecule has 0 aliphatic carbocycles. The highest BCUT2D eigenvalue weighted by molar-refractivity contribution is 7.98. The molecule has 0 radical (unpaired) electrons. The smallest absolute Gasteiger partial charge is 0.232 e. The lowest BCUT2D eigenvalue weighted by Crippen LogP contribution is -2.11. The van der Waals surface area contributed by atoms with Crippen LogP contribution >= 0.6 is 11.8 Å². The maximum atomic E-state index is 11.8. The molecule has 8 nitrogen and oxygen atoms in total. The Labute approximate surface area is 157 Å². The Hall–Kier alpha value is -1.68. The van der Waals surface area contributed by atoms with Crippen molar-refractivity contribution in [2.75, 3.05) is 11.5 Å². The minimum atomic E-state index is -2.98. The van der Waals surface area contributed by atoms with Crippen LogP contribution in [0.1, 0.15) is 50.6 Å². The summed E-state index contributed by atoms with van der Waals surface area (Å²) in [6, 6.07) is 0. The molecule has 1 fully saturated rings. The van der Waals surface area contributed by atoms with E-state index < -0.39 is 9.84 Å². The Kier molecular flexibility index (Phi) is 5.25. The number of sulfone groups is 1. The van der Waals surface area contributed by atoms with Crippen molar-refractivity contribution < 1.29 is 12.9 Å². The van der Waals surface area contributed by atoms with Crippen LogP contribution in [0.3, 0.4) is 0 Å². The zero-order chi connectivity index (χ0) is 18.9. The van der Waals surface area contributed by atoms with E-state index in [4.69, 9.17) is 4.52 Å². The first-order chi connectivity index (χ1) is 12.2. The predicted octanol–water partition coefficient (Wildman–Crippen LogP) is 2.34. The van der Waals surface area contributed by atoms with Gasteiger partial charge in [0.25, 0.3) is 0 Å². The molecule has 1 atom stereocenters. The average Bonchev–Trinajstić information content (AvgIpc) is 3.23. The van der Waals surface area contributed by atoms with Crippen molar-refractivity contribution in [1.29, 1.82) is 0 Å². The fourth-order valence-electron chi connectivity index (χ4n) is 2.75. The van der Waals surface area contributed by atoms with Crippen LogP contribution < -0.4 is 0 Å². The molecule has 3 heterocycles. The summed E-state index contributed by atoms with van der Waals surface area (Å²) >= 11 is 1.45. The molecule has 1 aliphatic heterocycles. The van der Waals surface area contributed by atoms with Crippen molar-refractivity contribution in [3.8, 4) is 0 Å². The molecule has 2 aromatic heterocycles.